The molecule has 2 heterocycles. The predicted octanol–water partition coefficient (Wildman–Crippen LogP) is 2.99. The second-order valence-electron chi connectivity index (χ2n) is 5.17. The van der Waals surface area contributed by atoms with Crippen molar-refractivity contribution in [3.8, 4) is 11.5 Å². The third kappa shape index (κ3) is 3.24. The number of benzene rings is 1. The fourth-order valence-electron chi connectivity index (χ4n) is 2.48. The number of carbonyl (C=O) groups excluding carboxylic acids is 1. The standard InChI is InChI=1S/C17H19NO4/c1-2-18(17(19)8-6-14-4-3-9-20-14)11-13-5-7-15-16(10-13)22-12-21-15/h3-5,7,9-10H,2,6,8,11-12H2,1H3. The summed E-state index contributed by atoms with van der Waals surface area (Å²) < 4.78 is 15.9. The molecule has 0 fully saturated rings. The smallest absolute Gasteiger partial charge is 0.231 e. The van der Waals surface area contributed by atoms with Gasteiger partial charge in [-0.1, -0.05) is 6.07 Å². The van der Waals surface area contributed by atoms with E-state index >= 15 is 0 Å². The average Bonchev–Trinajstić information content (AvgIpc) is 3.20. The number of furan rings is 1. The zero-order valence-electron chi connectivity index (χ0n) is 12.6. The van der Waals surface area contributed by atoms with E-state index in [2.05, 4.69) is 0 Å². The highest BCUT2D eigenvalue weighted by Gasteiger charge is 2.16. The molecular weight excluding hydrogens is 282 g/mol. The molecule has 1 aliphatic rings. The van der Waals surface area contributed by atoms with Crippen LogP contribution in [0.2, 0.25) is 0 Å². The summed E-state index contributed by atoms with van der Waals surface area (Å²) in [7, 11) is 0. The van der Waals surface area contributed by atoms with Gasteiger partial charge in [-0.15, -0.1) is 0 Å². The first-order valence-electron chi connectivity index (χ1n) is 7.45. The van der Waals surface area contributed by atoms with E-state index in [1.165, 1.54) is 0 Å². The van der Waals surface area contributed by atoms with Crippen LogP contribution in [-0.2, 0) is 17.8 Å². The fourth-order valence-corrected chi connectivity index (χ4v) is 2.48. The Kier molecular flexibility index (Phi) is 4.32. The predicted molar refractivity (Wildman–Crippen MR) is 80.7 cm³/mol. The average molecular weight is 301 g/mol. The van der Waals surface area contributed by atoms with Gasteiger partial charge in [0.1, 0.15) is 5.76 Å². The van der Waals surface area contributed by atoms with Crippen LogP contribution in [0.4, 0.5) is 0 Å². The van der Waals surface area contributed by atoms with E-state index in [-0.39, 0.29) is 12.7 Å². The number of nitrogens with zero attached hydrogens (tertiary/aromatic N) is 1. The van der Waals surface area contributed by atoms with E-state index in [4.69, 9.17) is 13.9 Å². The van der Waals surface area contributed by atoms with Crippen molar-refractivity contribution in [2.45, 2.75) is 26.3 Å². The van der Waals surface area contributed by atoms with Gasteiger partial charge >= 0.3 is 0 Å². The Hall–Kier alpha value is -2.43. The van der Waals surface area contributed by atoms with Gasteiger partial charge < -0.3 is 18.8 Å². The molecule has 0 spiro atoms. The first-order chi connectivity index (χ1) is 10.8. The quantitative estimate of drug-likeness (QED) is 0.823. The maximum Gasteiger partial charge on any atom is 0.231 e. The fraction of sp³-hybridized carbons (Fsp3) is 0.353. The number of ether oxygens (including phenoxy) is 2. The Morgan fingerprint density at radius 2 is 2.09 bits per heavy atom. The third-order valence-corrected chi connectivity index (χ3v) is 3.71. The molecule has 1 aliphatic heterocycles. The van der Waals surface area contributed by atoms with Crippen molar-refractivity contribution in [2.24, 2.45) is 0 Å². The van der Waals surface area contributed by atoms with Crippen LogP contribution in [0.3, 0.4) is 0 Å². The van der Waals surface area contributed by atoms with Gasteiger partial charge in [-0.2, -0.15) is 0 Å². The lowest BCUT2D eigenvalue weighted by Crippen LogP contribution is -2.30. The molecular formula is C17H19NO4. The summed E-state index contributed by atoms with van der Waals surface area (Å²) in [6, 6.07) is 9.52. The van der Waals surface area contributed by atoms with Crippen LogP contribution in [0.1, 0.15) is 24.7 Å². The Balaban J connectivity index is 1.60. The van der Waals surface area contributed by atoms with Crippen molar-refractivity contribution in [1.29, 1.82) is 0 Å². The summed E-state index contributed by atoms with van der Waals surface area (Å²) >= 11 is 0. The molecule has 0 saturated heterocycles. The molecule has 0 saturated carbocycles. The minimum atomic E-state index is 0.122. The van der Waals surface area contributed by atoms with Crippen LogP contribution < -0.4 is 9.47 Å². The maximum atomic E-state index is 12.3. The first-order valence-corrected chi connectivity index (χ1v) is 7.45. The van der Waals surface area contributed by atoms with Crippen molar-refractivity contribution < 1.29 is 18.7 Å². The van der Waals surface area contributed by atoms with E-state index in [9.17, 15) is 4.79 Å². The van der Waals surface area contributed by atoms with Crippen molar-refractivity contribution >= 4 is 5.91 Å². The molecule has 0 bridgehead atoms. The van der Waals surface area contributed by atoms with Crippen LogP contribution in [-0.4, -0.2) is 24.1 Å². The third-order valence-electron chi connectivity index (χ3n) is 3.71. The van der Waals surface area contributed by atoms with Crippen molar-refractivity contribution in [3.05, 3.63) is 47.9 Å². The van der Waals surface area contributed by atoms with E-state index in [1.807, 2.05) is 42.2 Å². The lowest BCUT2D eigenvalue weighted by Gasteiger charge is -2.21. The van der Waals surface area contributed by atoms with Crippen molar-refractivity contribution in [1.82, 2.24) is 4.90 Å². The maximum absolute atomic E-state index is 12.3. The molecule has 0 aliphatic carbocycles. The van der Waals surface area contributed by atoms with Gasteiger partial charge in [0.25, 0.3) is 0 Å². The normalized spacial score (nSPS) is 12.4. The number of fused-ring (bicyclic) bond motifs is 1. The molecule has 0 unspecified atom stereocenters. The molecule has 5 nitrogen and oxygen atoms in total. The molecule has 116 valence electrons. The Morgan fingerprint density at radius 3 is 2.86 bits per heavy atom. The first kappa shape index (κ1) is 14.5. The van der Waals surface area contributed by atoms with E-state index in [0.717, 1.165) is 22.8 Å². The van der Waals surface area contributed by atoms with Crippen LogP contribution in [0.5, 0.6) is 11.5 Å². The lowest BCUT2D eigenvalue weighted by atomic mass is 10.1. The SMILES string of the molecule is CCN(Cc1ccc2c(c1)OCO2)C(=O)CCc1ccco1. The van der Waals surface area contributed by atoms with Crippen LogP contribution >= 0.6 is 0 Å². The highest BCUT2D eigenvalue weighted by atomic mass is 16.7. The Morgan fingerprint density at radius 1 is 1.23 bits per heavy atom. The van der Waals surface area contributed by atoms with Gasteiger partial charge in [-0.3, -0.25) is 4.79 Å². The summed E-state index contributed by atoms with van der Waals surface area (Å²) in [5, 5.41) is 0. The summed E-state index contributed by atoms with van der Waals surface area (Å²) in [5.74, 6) is 2.47. The summed E-state index contributed by atoms with van der Waals surface area (Å²) in [4.78, 5) is 14.2. The lowest BCUT2D eigenvalue weighted by molar-refractivity contribution is -0.131. The summed E-state index contributed by atoms with van der Waals surface area (Å²) in [6.07, 6.45) is 2.71. The monoisotopic (exact) mass is 301 g/mol. The molecule has 0 N–H and O–H groups in total. The highest BCUT2D eigenvalue weighted by Crippen LogP contribution is 2.32. The van der Waals surface area contributed by atoms with Crippen molar-refractivity contribution in [2.75, 3.05) is 13.3 Å². The number of amides is 1. The molecule has 2 aromatic rings. The van der Waals surface area contributed by atoms with Gasteiger partial charge in [-0.05, 0) is 36.8 Å². The summed E-state index contributed by atoms with van der Waals surface area (Å²) in [5.41, 5.74) is 1.04. The minimum Gasteiger partial charge on any atom is -0.469 e. The van der Waals surface area contributed by atoms with E-state index < -0.39 is 0 Å². The van der Waals surface area contributed by atoms with Gasteiger partial charge in [0.2, 0.25) is 12.7 Å². The second-order valence-corrected chi connectivity index (χ2v) is 5.17. The Bertz CT molecular complexity index is 636. The topological polar surface area (TPSA) is 51.9 Å². The minimum absolute atomic E-state index is 0.122. The van der Waals surface area contributed by atoms with Gasteiger partial charge in [-0.25, -0.2) is 0 Å². The number of hydrogen-bond donors (Lipinski definition) is 0. The van der Waals surface area contributed by atoms with Crippen molar-refractivity contribution in [3.63, 3.8) is 0 Å². The molecule has 1 aromatic heterocycles. The van der Waals surface area contributed by atoms with E-state index in [0.29, 0.717) is 25.9 Å². The zero-order valence-corrected chi connectivity index (χ0v) is 12.6. The Labute approximate surface area is 129 Å². The highest BCUT2D eigenvalue weighted by molar-refractivity contribution is 5.76. The number of aryl methyl sites for hydroxylation is 1. The molecule has 3 rings (SSSR count). The largest absolute Gasteiger partial charge is 0.469 e. The number of hydrogen-bond acceptors (Lipinski definition) is 4. The van der Waals surface area contributed by atoms with Crippen LogP contribution in [0, 0.1) is 0 Å². The van der Waals surface area contributed by atoms with Crippen LogP contribution in [0.25, 0.3) is 0 Å². The van der Waals surface area contributed by atoms with Gasteiger partial charge in [0, 0.05) is 25.9 Å². The van der Waals surface area contributed by atoms with Gasteiger partial charge in [0.05, 0.1) is 6.26 Å². The number of rotatable bonds is 6. The van der Waals surface area contributed by atoms with Gasteiger partial charge in [0.15, 0.2) is 11.5 Å². The molecule has 0 radical (unpaired) electrons. The van der Waals surface area contributed by atoms with E-state index in [1.54, 1.807) is 6.26 Å². The molecule has 5 heteroatoms. The molecule has 1 aromatic carbocycles. The van der Waals surface area contributed by atoms with Crippen LogP contribution in [0.15, 0.2) is 41.0 Å². The zero-order chi connectivity index (χ0) is 15.4. The number of carbonyl (C=O) groups is 1. The molecule has 0 atom stereocenters. The molecule has 22 heavy (non-hydrogen) atoms. The molecule has 1 amide bonds. The summed E-state index contributed by atoms with van der Waals surface area (Å²) in [6.45, 7) is 3.49. The second kappa shape index (κ2) is 6.56.